The number of nitrogens with one attached hydrogen (secondary N) is 2. The maximum absolute atomic E-state index is 13.4. The average Bonchev–Trinajstić information content (AvgIpc) is 3.18. The van der Waals surface area contributed by atoms with Gasteiger partial charge in [-0.05, 0) is 48.7 Å². The Morgan fingerprint density at radius 1 is 1.18 bits per heavy atom. The van der Waals surface area contributed by atoms with Crippen molar-refractivity contribution >= 4 is 32.8 Å². The number of halogens is 1. The molecule has 1 aromatic carbocycles. The molecule has 0 radical (unpaired) electrons. The Balaban J connectivity index is 1.93. The zero-order valence-corrected chi connectivity index (χ0v) is 20.1. The van der Waals surface area contributed by atoms with Crippen LogP contribution < -0.4 is 10.0 Å². The van der Waals surface area contributed by atoms with Crippen LogP contribution in [0.5, 0.6) is 0 Å². The molecule has 9 nitrogen and oxygen atoms in total. The summed E-state index contributed by atoms with van der Waals surface area (Å²) in [5.41, 5.74) is 1.43. The van der Waals surface area contributed by atoms with Crippen LogP contribution in [0.3, 0.4) is 0 Å². The van der Waals surface area contributed by atoms with E-state index in [4.69, 9.17) is 13.9 Å². The van der Waals surface area contributed by atoms with Crippen LogP contribution in [0.15, 0.2) is 34.7 Å². The fourth-order valence-electron chi connectivity index (χ4n) is 3.37. The molecule has 0 unspecified atom stereocenters. The van der Waals surface area contributed by atoms with Gasteiger partial charge in [0, 0.05) is 26.3 Å². The molecule has 0 saturated carbocycles. The van der Waals surface area contributed by atoms with Gasteiger partial charge in [0.1, 0.15) is 17.4 Å². The summed E-state index contributed by atoms with van der Waals surface area (Å²) in [6.07, 6.45) is 0.768. The average molecular weight is 494 g/mol. The number of benzene rings is 1. The van der Waals surface area contributed by atoms with E-state index < -0.39 is 21.7 Å². The number of pyridine rings is 1. The summed E-state index contributed by atoms with van der Waals surface area (Å²) in [4.78, 5) is 17.1. The zero-order valence-electron chi connectivity index (χ0n) is 19.3. The Bertz CT molecular complexity index is 1240. The minimum Gasteiger partial charge on any atom is -0.437 e. The predicted molar refractivity (Wildman–Crippen MR) is 127 cm³/mol. The normalized spacial score (nSPS) is 11.6. The van der Waals surface area contributed by atoms with E-state index in [0.29, 0.717) is 42.6 Å². The minimum absolute atomic E-state index is 0.0933. The number of ether oxygens (including phenoxy) is 2. The Labute approximate surface area is 197 Å². The van der Waals surface area contributed by atoms with E-state index in [1.165, 1.54) is 31.3 Å². The first-order valence-electron chi connectivity index (χ1n) is 10.8. The van der Waals surface area contributed by atoms with Gasteiger partial charge in [-0.15, -0.1) is 0 Å². The van der Waals surface area contributed by atoms with E-state index in [9.17, 15) is 17.6 Å². The molecule has 0 atom stereocenters. The molecule has 0 aliphatic rings. The van der Waals surface area contributed by atoms with Crippen molar-refractivity contribution in [3.63, 3.8) is 0 Å². The first-order valence-corrected chi connectivity index (χ1v) is 12.5. The SMILES string of the molecule is CCc1cc2c(C(=O)NC)c(-c3ccc(F)cc3)oc2nc1NS(=O)(=O)CCCOCCOC. The highest BCUT2D eigenvalue weighted by atomic mass is 32.2. The summed E-state index contributed by atoms with van der Waals surface area (Å²) < 4.78 is 57.2. The van der Waals surface area contributed by atoms with E-state index in [1.807, 2.05) is 6.92 Å². The smallest absolute Gasteiger partial charge is 0.255 e. The number of anilines is 1. The van der Waals surface area contributed by atoms with Crippen molar-refractivity contribution in [2.24, 2.45) is 0 Å². The number of aryl methyl sites for hydroxylation is 1. The van der Waals surface area contributed by atoms with Crippen LogP contribution in [0.25, 0.3) is 22.4 Å². The van der Waals surface area contributed by atoms with Crippen molar-refractivity contribution in [1.29, 1.82) is 0 Å². The van der Waals surface area contributed by atoms with Gasteiger partial charge in [-0.25, -0.2) is 12.8 Å². The molecule has 0 saturated heterocycles. The predicted octanol–water partition coefficient (Wildman–Crippen LogP) is 3.35. The second-order valence-electron chi connectivity index (χ2n) is 7.47. The van der Waals surface area contributed by atoms with Crippen LogP contribution in [0.2, 0.25) is 0 Å². The monoisotopic (exact) mass is 493 g/mol. The third-order valence-corrected chi connectivity index (χ3v) is 6.42. The molecule has 0 spiro atoms. The first kappa shape index (κ1) is 25.6. The van der Waals surface area contributed by atoms with Crippen LogP contribution in [-0.4, -0.2) is 59.0 Å². The van der Waals surface area contributed by atoms with Gasteiger partial charge in [-0.2, -0.15) is 4.98 Å². The highest BCUT2D eigenvalue weighted by molar-refractivity contribution is 7.92. The molecule has 0 fully saturated rings. The molecule has 2 heterocycles. The summed E-state index contributed by atoms with van der Waals surface area (Å²) in [7, 11) is -0.643. The maximum atomic E-state index is 13.4. The Kier molecular flexibility index (Phi) is 8.59. The highest BCUT2D eigenvalue weighted by Gasteiger charge is 2.25. The first-order chi connectivity index (χ1) is 16.3. The molecule has 2 aromatic heterocycles. The third kappa shape index (κ3) is 6.10. The van der Waals surface area contributed by atoms with Crippen LogP contribution >= 0.6 is 0 Å². The quantitative estimate of drug-likeness (QED) is 0.371. The molecule has 0 aliphatic heterocycles. The molecule has 0 bridgehead atoms. The molecule has 3 rings (SSSR count). The standard InChI is InChI=1S/C23H28FN3O6S/c1-4-15-14-18-19(22(28)25-2)20(16-6-8-17(24)9-7-16)33-23(18)26-21(15)27-34(29,30)13-5-10-32-12-11-31-3/h6-9,14H,4-5,10-13H2,1-3H3,(H,25,28)(H,26,27). The summed E-state index contributed by atoms with van der Waals surface area (Å²) in [6, 6.07) is 7.21. The van der Waals surface area contributed by atoms with Gasteiger partial charge in [0.15, 0.2) is 0 Å². The number of rotatable bonds is 12. The Hall–Kier alpha value is -3.02. The van der Waals surface area contributed by atoms with Crippen molar-refractivity contribution in [1.82, 2.24) is 10.3 Å². The van der Waals surface area contributed by atoms with Crippen LogP contribution in [-0.2, 0) is 25.9 Å². The van der Waals surface area contributed by atoms with Crippen molar-refractivity contribution < 1.29 is 31.5 Å². The summed E-state index contributed by atoms with van der Waals surface area (Å²) in [5, 5.41) is 3.02. The van der Waals surface area contributed by atoms with Gasteiger partial charge in [0.05, 0.1) is 29.9 Å². The number of aromatic nitrogens is 1. The van der Waals surface area contributed by atoms with Gasteiger partial charge in [-0.1, -0.05) is 6.92 Å². The fraction of sp³-hybridized carbons (Fsp3) is 0.391. The van der Waals surface area contributed by atoms with Crippen molar-refractivity contribution in [2.45, 2.75) is 19.8 Å². The molecule has 34 heavy (non-hydrogen) atoms. The second kappa shape index (κ2) is 11.4. The van der Waals surface area contributed by atoms with Crippen LogP contribution in [0.1, 0.15) is 29.3 Å². The molecular formula is C23H28FN3O6S. The van der Waals surface area contributed by atoms with Gasteiger partial charge in [0.2, 0.25) is 15.7 Å². The molecule has 11 heteroatoms. The molecule has 184 valence electrons. The van der Waals surface area contributed by atoms with E-state index in [0.717, 1.165) is 0 Å². The van der Waals surface area contributed by atoms with Gasteiger partial charge in [-0.3, -0.25) is 9.52 Å². The summed E-state index contributed by atoms with van der Waals surface area (Å²) >= 11 is 0. The van der Waals surface area contributed by atoms with Crippen molar-refractivity contribution in [2.75, 3.05) is 44.5 Å². The van der Waals surface area contributed by atoms with E-state index in [1.54, 1.807) is 13.2 Å². The molecule has 3 aromatic rings. The van der Waals surface area contributed by atoms with E-state index in [2.05, 4.69) is 15.0 Å². The van der Waals surface area contributed by atoms with E-state index >= 15 is 0 Å². The van der Waals surface area contributed by atoms with E-state index in [-0.39, 0.29) is 35.2 Å². The largest absolute Gasteiger partial charge is 0.437 e. The molecule has 2 N–H and O–H groups in total. The number of carbonyl (C=O) groups is 1. The fourth-order valence-corrected chi connectivity index (χ4v) is 4.44. The lowest BCUT2D eigenvalue weighted by molar-refractivity contribution is 0.0712. The summed E-state index contributed by atoms with van der Waals surface area (Å²) in [5.74, 6) is -0.613. The number of carbonyl (C=O) groups excluding carboxylic acids is 1. The number of amides is 1. The number of furan rings is 1. The lowest BCUT2D eigenvalue weighted by Gasteiger charge is -2.11. The number of sulfonamides is 1. The van der Waals surface area contributed by atoms with Gasteiger partial charge >= 0.3 is 0 Å². The Morgan fingerprint density at radius 3 is 2.56 bits per heavy atom. The lowest BCUT2D eigenvalue weighted by Crippen LogP contribution is -2.20. The number of fused-ring (bicyclic) bond motifs is 1. The van der Waals surface area contributed by atoms with Crippen molar-refractivity contribution in [3.8, 4) is 11.3 Å². The van der Waals surface area contributed by atoms with Crippen LogP contribution in [0, 0.1) is 5.82 Å². The van der Waals surface area contributed by atoms with Gasteiger partial charge in [0.25, 0.3) is 5.91 Å². The van der Waals surface area contributed by atoms with Gasteiger partial charge < -0.3 is 19.2 Å². The third-order valence-electron chi connectivity index (χ3n) is 5.09. The second-order valence-corrected chi connectivity index (χ2v) is 9.32. The topological polar surface area (TPSA) is 120 Å². The lowest BCUT2D eigenvalue weighted by atomic mass is 10.0. The minimum atomic E-state index is -3.70. The van der Waals surface area contributed by atoms with Crippen molar-refractivity contribution in [3.05, 3.63) is 47.3 Å². The number of nitrogens with zero attached hydrogens (tertiary/aromatic N) is 1. The highest BCUT2D eigenvalue weighted by Crippen LogP contribution is 2.35. The summed E-state index contributed by atoms with van der Waals surface area (Å²) in [6.45, 7) is 2.97. The maximum Gasteiger partial charge on any atom is 0.255 e. The number of hydrogen-bond acceptors (Lipinski definition) is 7. The molecule has 1 amide bonds. The van der Waals surface area contributed by atoms with Crippen LogP contribution in [0.4, 0.5) is 10.2 Å². The molecular weight excluding hydrogens is 465 g/mol. The number of hydrogen-bond donors (Lipinski definition) is 2. The number of methoxy groups -OCH3 is 1. The molecule has 0 aliphatic carbocycles. The Morgan fingerprint density at radius 2 is 1.91 bits per heavy atom. The zero-order chi connectivity index (χ0) is 24.7.